The molecular formula is C13H17BrN2O2S. The highest BCUT2D eigenvalue weighted by Crippen LogP contribution is 2.21. The molecule has 0 aliphatic carbocycles. The molecule has 0 radical (unpaired) electrons. The summed E-state index contributed by atoms with van der Waals surface area (Å²) in [5.41, 5.74) is 0.960. The third-order valence-electron chi connectivity index (χ3n) is 2.54. The second-order valence-electron chi connectivity index (χ2n) is 3.80. The number of carbonyl (C=O) groups is 2. The van der Waals surface area contributed by atoms with Crippen LogP contribution in [0.2, 0.25) is 0 Å². The molecule has 0 spiro atoms. The number of halogens is 1. The fraction of sp³-hybridized carbons (Fsp3) is 0.385. The Morgan fingerprint density at radius 1 is 1.42 bits per heavy atom. The maximum atomic E-state index is 11.7. The van der Waals surface area contributed by atoms with Gasteiger partial charge in [-0.25, -0.2) is 0 Å². The zero-order valence-electron chi connectivity index (χ0n) is 11.0. The molecule has 2 amide bonds. The fourth-order valence-electron chi connectivity index (χ4n) is 1.49. The third-order valence-corrected chi connectivity index (χ3v) is 4.07. The van der Waals surface area contributed by atoms with E-state index in [0.29, 0.717) is 13.1 Å². The summed E-state index contributed by atoms with van der Waals surface area (Å²) >= 11 is 4.91. The number of hydrogen-bond acceptors (Lipinski definition) is 3. The molecule has 0 aliphatic rings. The smallest absolute Gasteiger partial charge is 0.244 e. The van der Waals surface area contributed by atoms with Gasteiger partial charge in [0.15, 0.2) is 0 Å². The van der Waals surface area contributed by atoms with Crippen molar-refractivity contribution >= 4 is 45.2 Å². The van der Waals surface area contributed by atoms with Crippen LogP contribution >= 0.6 is 27.3 Å². The predicted octanol–water partition coefficient (Wildman–Crippen LogP) is 2.51. The van der Waals surface area contributed by atoms with Crippen LogP contribution in [0.1, 0.15) is 19.4 Å². The Kier molecular flexibility index (Phi) is 6.80. The lowest BCUT2D eigenvalue weighted by Crippen LogP contribution is -2.39. The quantitative estimate of drug-likeness (QED) is 0.806. The highest BCUT2D eigenvalue weighted by molar-refractivity contribution is 9.11. The zero-order valence-corrected chi connectivity index (χ0v) is 13.4. The Morgan fingerprint density at radius 3 is 2.63 bits per heavy atom. The lowest BCUT2D eigenvalue weighted by molar-refractivity contribution is -0.131. The molecule has 1 aromatic heterocycles. The first-order valence-electron chi connectivity index (χ1n) is 6.04. The van der Waals surface area contributed by atoms with E-state index in [-0.39, 0.29) is 18.4 Å². The van der Waals surface area contributed by atoms with E-state index < -0.39 is 0 Å². The molecule has 0 aliphatic heterocycles. The van der Waals surface area contributed by atoms with E-state index in [0.717, 1.165) is 9.35 Å². The number of thiophene rings is 1. The van der Waals surface area contributed by atoms with Gasteiger partial charge in [0.05, 0.1) is 10.3 Å². The van der Waals surface area contributed by atoms with Crippen LogP contribution in [-0.4, -0.2) is 36.3 Å². The van der Waals surface area contributed by atoms with E-state index in [2.05, 4.69) is 21.2 Å². The van der Waals surface area contributed by atoms with Crippen molar-refractivity contribution in [3.8, 4) is 0 Å². The van der Waals surface area contributed by atoms with E-state index in [1.165, 1.54) is 6.08 Å². The topological polar surface area (TPSA) is 49.4 Å². The Hall–Kier alpha value is -1.14. The minimum absolute atomic E-state index is 0.0399. The molecule has 4 nitrogen and oxygen atoms in total. The van der Waals surface area contributed by atoms with E-state index in [1.54, 1.807) is 22.3 Å². The van der Waals surface area contributed by atoms with Crippen molar-refractivity contribution in [2.45, 2.75) is 13.8 Å². The van der Waals surface area contributed by atoms with Crippen LogP contribution in [0, 0.1) is 0 Å². The van der Waals surface area contributed by atoms with Gasteiger partial charge in [0, 0.05) is 19.2 Å². The molecular weight excluding hydrogens is 328 g/mol. The van der Waals surface area contributed by atoms with Gasteiger partial charge in [0.2, 0.25) is 11.8 Å². The molecule has 0 fully saturated rings. The first-order valence-corrected chi connectivity index (χ1v) is 7.71. The highest BCUT2D eigenvalue weighted by Gasteiger charge is 2.09. The Bertz CT molecular complexity index is 467. The summed E-state index contributed by atoms with van der Waals surface area (Å²) in [5, 5.41) is 4.52. The molecule has 1 heterocycles. The summed E-state index contributed by atoms with van der Waals surface area (Å²) in [6.45, 7) is 5.18. The minimum atomic E-state index is -0.261. The number of amides is 2. The second kappa shape index (κ2) is 8.12. The van der Waals surface area contributed by atoms with Gasteiger partial charge in [-0.15, -0.1) is 11.3 Å². The van der Waals surface area contributed by atoms with Gasteiger partial charge in [0.25, 0.3) is 0 Å². The van der Waals surface area contributed by atoms with Gasteiger partial charge < -0.3 is 10.2 Å². The molecule has 6 heteroatoms. The molecule has 0 saturated carbocycles. The van der Waals surface area contributed by atoms with Crippen LogP contribution in [0.4, 0.5) is 0 Å². The molecule has 19 heavy (non-hydrogen) atoms. The van der Waals surface area contributed by atoms with Gasteiger partial charge in [-0.05, 0) is 52.9 Å². The van der Waals surface area contributed by atoms with Gasteiger partial charge >= 0.3 is 0 Å². The van der Waals surface area contributed by atoms with Crippen LogP contribution in [0.25, 0.3) is 6.08 Å². The molecule has 1 N–H and O–H groups in total. The highest BCUT2D eigenvalue weighted by atomic mass is 79.9. The van der Waals surface area contributed by atoms with Crippen molar-refractivity contribution in [2.75, 3.05) is 19.6 Å². The molecule has 0 aromatic carbocycles. The van der Waals surface area contributed by atoms with E-state index in [1.807, 2.05) is 25.3 Å². The first-order chi connectivity index (χ1) is 9.06. The Morgan fingerprint density at radius 2 is 2.11 bits per heavy atom. The lowest BCUT2D eigenvalue weighted by atomic mass is 10.3. The van der Waals surface area contributed by atoms with Crippen molar-refractivity contribution in [3.05, 3.63) is 26.9 Å². The number of rotatable bonds is 6. The number of carbonyl (C=O) groups excluding carboxylic acids is 2. The van der Waals surface area contributed by atoms with Gasteiger partial charge in [-0.2, -0.15) is 0 Å². The second-order valence-corrected chi connectivity index (χ2v) is 6.09. The largest absolute Gasteiger partial charge is 0.343 e. The number of nitrogens with zero attached hydrogens (tertiary/aromatic N) is 1. The Balaban J connectivity index is 2.39. The molecule has 0 saturated heterocycles. The van der Waals surface area contributed by atoms with Crippen LogP contribution < -0.4 is 5.32 Å². The van der Waals surface area contributed by atoms with Crippen molar-refractivity contribution in [3.63, 3.8) is 0 Å². The van der Waals surface area contributed by atoms with Gasteiger partial charge in [0.1, 0.15) is 0 Å². The average molecular weight is 345 g/mol. The maximum absolute atomic E-state index is 11.7. The van der Waals surface area contributed by atoms with E-state index in [4.69, 9.17) is 0 Å². The summed E-state index contributed by atoms with van der Waals surface area (Å²) in [4.78, 5) is 24.9. The third kappa shape index (κ3) is 5.57. The van der Waals surface area contributed by atoms with Crippen molar-refractivity contribution in [1.82, 2.24) is 10.2 Å². The average Bonchev–Trinajstić information content (AvgIpc) is 2.81. The predicted molar refractivity (Wildman–Crippen MR) is 82.0 cm³/mol. The van der Waals surface area contributed by atoms with Crippen LogP contribution in [-0.2, 0) is 9.59 Å². The van der Waals surface area contributed by atoms with Crippen LogP contribution in [0.3, 0.4) is 0 Å². The number of nitrogens with one attached hydrogen (secondary N) is 1. The molecule has 0 atom stereocenters. The van der Waals surface area contributed by atoms with Crippen molar-refractivity contribution < 1.29 is 9.59 Å². The summed E-state index contributed by atoms with van der Waals surface area (Å²) in [6.07, 6.45) is 3.16. The van der Waals surface area contributed by atoms with Gasteiger partial charge in [-0.3, -0.25) is 9.59 Å². The van der Waals surface area contributed by atoms with Crippen LogP contribution in [0.5, 0.6) is 0 Å². The fourth-order valence-corrected chi connectivity index (χ4v) is 2.64. The van der Waals surface area contributed by atoms with E-state index in [9.17, 15) is 9.59 Å². The number of hydrogen-bond donors (Lipinski definition) is 1. The molecule has 104 valence electrons. The van der Waals surface area contributed by atoms with Crippen molar-refractivity contribution in [2.24, 2.45) is 0 Å². The number of likely N-dealkylation sites (N-methyl/N-ethyl adjacent to an activating group) is 1. The first kappa shape index (κ1) is 15.9. The molecule has 0 unspecified atom stereocenters. The maximum Gasteiger partial charge on any atom is 0.244 e. The lowest BCUT2D eigenvalue weighted by Gasteiger charge is -2.18. The summed E-state index contributed by atoms with van der Waals surface area (Å²) < 4.78 is 1.02. The SMILES string of the molecule is CCN(CC)C(=O)CNC(=O)C=Cc1csc(Br)c1. The Labute approximate surface area is 125 Å². The normalized spacial score (nSPS) is 10.7. The van der Waals surface area contributed by atoms with Crippen molar-refractivity contribution in [1.29, 1.82) is 0 Å². The summed E-state index contributed by atoms with van der Waals surface area (Å²) in [6, 6.07) is 1.93. The summed E-state index contributed by atoms with van der Waals surface area (Å²) in [5.74, 6) is -0.326. The zero-order chi connectivity index (χ0) is 14.3. The van der Waals surface area contributed by atoms with Crippen LogP contribution in [0.15, 0.2) is 21.3 Å². The molecule has 1 rings (SSSR count). The summed E-state index contributed by atoms with van der Waals surface area (Å²) in [7, 11) is 0. The standard InChI is InChI=1S/C13H17BrN2O2S/c1-3-16(4-2)13(18)8-15-12(17)6-5-10-7-11(14)19-9-10/h5-7,9H,3-4,8H2,1-2H3,(H,15,17). The minimum Gasteiger partial charge on any atom is -0.343 e. The monoisotopic (exact) mass is 344 g/mol. The van der Waals surface area contributed by atoms with Gasteiger partial charge in [-0.1, -0.05) is 0 Å². The molecule has 1 aromatic rings. The molecule has 0 bridgehead atoms. The van der Waals surface area contributed by atoms with E-state index >= 15 is 0 Å².